The molecule has 758 valence electrons. The van der Waals surface area contributed by atoms with Gasteiger partial charge in [-0.05, 0) is 218 Å². The number of ketones is 1. The SMILES string of the molecule is C/C(N)=N/O.Cc1noc(-c2ccc(CC3CCCCC3)c(CC3CCCCC3)c2)n1.Cc1noc(-c2ccc(CC3CCCCC3)c(N)c2)n1.Cc1noc(-c2ccc(CC3CCCCC3)c([N+](=O)[O-])c2)n1.Cc1noc(-c2ccc(CC3CCCCC3)c([N+](=O)[O-])c2)n1.Cc1noc(-c2ccc(Cl)c([N+](=O)[O-])c2)n1.NC1CCCCC1.O=C(Cl)c1ccc(Cl)c([N+](=O)[O-])c1.O=C1CCCCC1.[Cl][Sn][Cl]. The fourth-order valence-electron chi connectivity index (χ4n) is 18.4. The molecule has 40 heteroatoms. The molecule has 0 saturated heterocycles. The van der Waals surface area contributed by atoms with Gasteiger partial charge in [-0.1, -0.05) is 265 Å². The minimum absolute atomic E-state index is 0.0216. The summed E-state index contributed by atoms with van der Waals surface area (Å²) in [5.41, 5.74) is 26.9. The first-order valence-electron chi connectivity index (χ1n) is 48.7. The number of nitro groups is 4. The molecule has 34 nitrogen and oxygen atoms in total. The third-order valence-corrected chi connectivity index (χ3v) is 26.5. The number of carbonyl (C=O) groups is 2. The number of nitrogens with two attached hydrogens (primary N) is 3. The molecule has 0 amide bonds. The van der Waals surface area contributed by atoms with E-state index in [0.29, 0.717) is 93.0 Å². The number of Topliss-reactive ketones (excluding diaryl/α,β-unsaturated/α-hetero) is 1. The van der Waals surface area contributed by atoms with Gasteiger partial charge in [-0.25, -0.2) is 0 Å². The predicted octanol–water partition coefficient (Wildman–Crippen LogP) is 27.0. The van der Waals surface area contributed by atoms with Crippen LogP contribution in [0.1, 0.15) is 299 Å². The quantitative estimate of drug-likeness (QED) is 0.00804. The van der Waals surface area contributed by atoms with Crippen LogP contribution < -0.4 is 17.2 Å². The molecule has 0 bridgehead atoms. The zero-order valence-corrected chi connectivity index (χ0v) is 87.7. The molecule has 0 aliphatic heterocycles. The van der Waals surface area contributed by atoms with E-state index in [9.17, 15) is 50.0 Å². The van der Waals surface area contributed by atoms with Crippen molar-refractivity contribution in [2.45, 2.75) is 304 Å². The predicted molar refractivity (Wildman–Crippen MR) is 547 cm³/mol. The maximum atomic E-state index is 11.4. The zero-order valence-electron chi connectivity index (χ0n) is 81.0. The van der Waals surface area contributed by atoms with Crippen LogP contribution in [0.3, 0.4) is 0 Å². The molecular formula is C101H129Cl5N18O16Sn. The number of nitrogens with zero attached hydrogens (tertiary/aromatic N) is 15. The fraction of sp³-hybridized carbons (Fsp3) is 0.515. The first kappa shape index (κ1) is 114. The van der Waals surface area contributed by atoms with Crippen molar-refractivity contribution in [1.82, 2.24) is 50.7 Å². The van der Waals surface area contributed by atoms with E-state index in [1.54, 1.807) is 44.5 Å². The van der Waals surface area contributed by atoms with Gasteiger partial charge in [0.05, 0.1) is 19.7 Å². The van der Waals surface area contributed by atoms with Crippen LogP contribution in [0.5, 0.6) is 0 Å². The summed E-state index contributed by atoms with van der Waals surface area (Å²) >= 11 is 15.5. The molecule has 2 radical (unpaired) electrons. The van der Waals surface area contributed by atoms with E-state index in [1.807, 2.05) is 50.2 Å². The standard InChI is InChI=1S/C23H32N2O.2C16H19N3O3.C16H21N3O.C9H6ClN3O3.C7H3Cl2NO3.C6H13N.C6H10O.C2H6N2O.2ClH.Sn/c1-17-24-23(26-25-17)21-13-12-20(14-18-8-4-2-5-9-18)22(16-21)15-19-10-6-3-7-11-19;2*1-11-17-16(22-18-11)14-8-7-13(15(10-14)19(20)21)9-12-5-3-2-4-6-12;1-11-18-16(20-19-11)14-8-7-13(15(17)10-14)9-12-5-3-2-4-6-12;1-5-11-9(16-12-5)6-2-3-7(10)8(4-6)13(14)15;8-5-2-1-4(7(9)11)3-6(5)10(12)13;2*7-6-4-2-1-3-5-6;1-2(3)4-5;;;/h12-13,16,18-19H,2-11,14-15H2,1H3;2*7-8,10,12H,2-6,9H2,1H3;7-8,10,12H,2-6,9,17H2,1H3;2-4H,1H3;1-3H;6H,1-5,7H2;1-5H2;5H,1H3,(H2,3,4);2*1H;/q;;;;;;;;;;;+2/p-2. The summed E-state index contributed by atoms with van der Waals surface area (Å²) in [4.78, 5) is 83.9. The topological polar surface area (TPSA) is 512 Å². The van der Waals surface area contributed by atoms with Crippen LogP contribution in [0, 0.1) is 105 Å². The van der Waals surface area contributed by atoms with E-state index in [2.05, 4.69) is 80.1 Å². The molecule has 7 aliphatic carbocycles. The van der Waals surface area contributed by atoms with Crippen LogP contribution in [-0.4, -0.2) is 117 Å². The van der Waals surface area contributed by atoms with Crippen molar-refractivity contribution < 1.29 is 57.1 Å². The summed E-state index contributed by atoms with van der Waals surface area (Å²) in [7, 11) is 9.87. The van der Waals surface area contributed by atoms with Crippen LogP contribution >= 0.6 is 52.6 Å². The Labute approximate surface area is 854 Å². The third-order valence-electron chi connectivity index (χ3n) is 25.7. The average molecular weight is 2150 g/mol. The van der Waals surface area contributed by atoms with E-state index < -0.39 is 34.0 Å². The van der Waals surface area contributed by atoms with Crippen LogP contribution in [-0.2, 0) is 36.9 Å². The average Bonchev–Trinajstić information content (AvgIpc) is 1.81. The number of halogens is 5. The van der Waals surface area contributed by atoms with Gasteiger partial charge in [0.15, 0.2) is 29.1 Å². The fourth-order valence-corrected chi connectivity index (χ4v) is 18.9. The zero-order chi connectivity index (χ0) is 102. The monoisotopic (exact) mass is 2140 g/mol. The Bertz CT molecular complexity index is 5670. The number of hydrogen-bond acceptors (Lipinski definition) is 29. The van der Waals surface area contributed by atoms with Gasteiger partial charge >= 0.3 is 36.7 Å². The van der Waals surface area contributed by atoms with Crippen LogP contribution in [0.4, 0.5) is 28.4 Å². The molecule has 0 unspecified atom stereocenters. The summed E-state index contributed by atoms with van der Waals surface area (Å²) in [6.07, 6.45) is 50.1. The van der Waals surface area contributed by atoms with Crippen molar-refractivity contribution in [2.75, 3.05) is 5.73 Å². The number of hydrogen-bond donors (Lipinski definition) is 4. The van der Waals surface area contributed by atoms with Gasteiger partial charge in [0.2, 0.25) is 0 Å². The number of aryl methyl sites for hydroxylation is 5. The Kier molecular flexibility index (Phi) is 48.9. The van der Waals surface area contributed by atoms with E-state index in [0.717, 1.165) is 96.7 Å². The number of nitro benzene ring substituents is 4. The molecular weight excluding hydrogens is 2020 g/mol. The Morgan fingerprint density at radius 2 is 0.645 bits per heavy atom. The van der Waals surface area contributed by atoms with Crippen LogP contribution in [0.2, 0.25) is 10.0 Å². The van der Waals surface area contributed by atoms with Crippen molar-refractivity contribution in [3.8, 4) is 57.3 Å². The Morgan fingerprint density at radius 3 is 0.922 bits per heavy atom. The summed E-state index contributed by atoms with van der Waals surface area (Å²) in [6, 6.07) is 31.9. The molecule has 18 rings (SSSR count). The number of anilines is 1. The van der Waals surface area contributed by atoms with E-state index in [1.165, 1.54) is 254 Å². The normalized spacial score (nSPS) is 15.9. The van der Waals surface area contributed by atoms with Gasteiger partial charge in [-0.3, -0.25) is 50.0 Å². The minimum atomic E-state index is -0.826. The summed E-state index contributed by atoms with van der Waals surface area (Å²) in [5, 5.41) is 72.1. The van der Waals surface area contributed by atoms with Crippen molar-refractivity contribution >= 4 is 117 Å². The van der Waals surface area contributed by atoms with Crippen LogP contribution in [0.15, 0.2) is 137 Å². The van der Waals surface area contributed by atoms with Gasteiger partial charge in [-0.2, -0.15) is 24.9 Å². The van der Waals surface area contributed by atoms with Crippen molar-refractivity contribution in [1.29, 1.82) is 0 Å². The second kappa shape index (κ2) is 60.6. The molecule has 0 atom stereocenters. The molecule has 7 fully saturated rings. The molecule has 7 N–H and O–H groups in total. The number of carbonyl (C=O) groups excluding carboxylic acids is 2. The summed E-state index contributed by atoms with van der Waals surface area (Å²) in [6.45, 7) is 10.3. The number of amidine groups is 1. The Hall–Kier alpha value is -10.8. The molecule has 7 aliphatic rings. The van der Waals surface area contributed by atoms with E-state index in [4.69, 9.17) is 97.7 Å². The van der Waals surface area contributed by atoms with Gasteiger partial charge in [0.25, 0.3) is 57.4 Å². The van der Waals surface area contributed by atoms with E-state index in [-0.39, 0.29) is 59.9 Å². The molecule has 141 heavy (non-hydrogen) atoms. The van der Waals surface area contributed by atoms with Crippen LogP contribution in [0.25, 0.3) is 57.3 Å². The number of oxime groups is 1. The second-order valence-corrected chi connectivity index (χ2v) is 42.2. The molecule has 5 aromatic heterocycles. The third kappa shape index (κ3) is 39.5. The maximum absolute atomic E-state index is 11.4. The molecule has 7 saturated carbocycles. The first-order valence-corrected chi connectivity index (χ1v) is 57.0. The summed E-state index contributed by atoms with van der Waals surface area (Å²) in [5.74, 6) is 9.23. The van der Waals surface area contributed by atoms with Gasteiger partial charge < -0.3 is 45.0 Å². The van der Waals surface area contributed by atoms with Gasteiger partial charge in [0.1, 0.15) is 21.7 Å². The number of benzene rings is 6. The van der Waals surface area contributed by atoms with Gasteiger partial charge in [-0.15, -0.1) is 0 Å². The number of nitrogen functional groups attached to an aromatic ring is 1. The molecule has 5 heterocycles. The molecule has 6 aromatic carbocycles. The number of aromatic nitrogens is 10. The van der Waals surface area contributed by atoms with Crippen molar-refractivity contribution in [3.05, 3.63) is 222 Å². The van der Waals surface area contributed by atoms with E-state index >= 15 is 0 Å². The van der Waals surface area contributed by atoms with Crippen molar-refractivity contribution in [2.24, 2.45) is 46.2 Å². The first-order chi connectivity index (χ1) is 67.8. The Morgan fingerprint density at radius 1 is 0.390 bits per heavy atom. The van der Waals surface area contributed by atoms with Crippen molar-refractivity contribution in [3.63, 3.8) is 0 Å². The molecule has 11 aromatic rings. The molecule has 0 spiro atoms. The number of rotatable bonds is 20. The summed E-state index contributed by atoms with van der Waals surface area (Å²) < 4.78 is 25.7. The Balaban J connectivity index is 0.000000182. The second-order valence-electron chi connectivity index (χ2n) is 36.8. The van der Waals surface area contributed by atoms with Gasteiger partial charge in [0, 0.05) is 93.3 Å².